The van der Waals surface area contributed by atoms with Crippen LogP contribution in [-0.4, -0.2) is 17.6 Å². The molecule has 1 aliphatic rings. The number of rotatable bonds is 2. The summed E-state index contributed by atoms with van der Waals surface area (Å²) in [6, 6.07) is 4.74. The highest BCUT2D eigenvalue weighted by Gasteiger charge is 2.22. The molecule has 0 saturated carbocycles. The first kappa shape index (κ1) is 9.46. The van der Waals surface area contributed by atoms with E-state index in [0.29, 0.717) is 12.6 Å². The Hall–Kier alpha value is -1.09. The molecule has 0 aromatic carbocycles. The second-order valence-electron chi connectivity index (χ2n) is 3.86. The van der Waals surface area contributed by atoms with Crippen LogP contribution in [0.2, 0.25) is 0 Å². The van der Waals surface area contributed by atoms with E-state index in [1.54, 1.807) is 0 Å². The van der Waals surface area contributed by atoms with E-state index in [2.05, 4.69) is 22.9 Å². The van der Waals surface area contributed by atoms with Gasteiger partial charge in [0.25, 0.3) is 0 Å². The van der Waals surface area contributed by atoms with Crippen LogP contribution in [0.5, 0.6) is 0 Å². The van der Waals surface area contributed by atoms with E-state index < -0.39 is 0 Å². The summed E-state index contributed by atoms with van der Waals surface area (Å²) in [6.07, 6.45) is 4.37. The molecule has 1 aromatic heterocycles. The van der Waals surface area contributed by atoms with Crippen molar-refractivity contribution >= 4 is 5.69 Å². The summed E-state index contributed by atoms with van der Waals surface area (Å²) < 4.78 is 0. The van der Waals surface area contributed by atoms with Crippen molar-refractivity contribution in [1.29, 1.82) is 0 Å². The maximum absolute atomic E-state index is 5.67. The van der Waals surface area contributed by atoms with Gasteiger partial charge in [0, 0.05) is 25.3 Å². The van der Waals surface area contributed by atoms with E-state index in [0.717, 1.165) is 12.2 Å². The molecule has 2 N–H and O–H groups in total. The molecule has 0 radical (unpaired) electrons. The average molecular weight is 191 g/mol. The fraction of sp³-hybridized carbons (Fsp3) is 0.545. The van der Waals surface area contributed by atoms with Crippen molar-refractivity contribution in [3.05, 3.63) is 24.0 Å². The molecule has 1 saturated heterocycles. The van der Waals surface area contributed by atoms with Gasteiger partial charge in [0.1, 0.15) is 0 Å². The molecule has 76 valence electrons. The summed E-state index contributed by atoms with van der Waals surface area (Å²) in [7, 11) is 0. The molecular formula is C11H17N3. The van der Waals surface area contributed by atoms with Crippen LogP contribution >= 0.6 is 0 Å². The molecule has 2 rings (SSSR count). The zero-order chi connectivity index (χ0) is 9.97. The number of nitrogens with two attached hydrogens (primary N) is 1. The maximum atomic E-state index is 5.67. The summed E-state index contributed by atoms with van der Waals surface area (Å²) in [6.45, 7) is 3.93. The van der Waals surface area contributed by atoms with Crippen LogP contribution in [0.4, 0.5) is 5.69 Å². The summed E-state index contributed by atoms with van der Waals surface area (Å²) in [5.41, 5.74) is 7.91. The van der Waals surface area contributed by atoms with Crippen molar-refractivity contribution in [3.63, 3.8) is 0 Å². The standard InChI is InChI=1S/C11H17N3/c1-9-4-3-7-14(9)11-5-2-6-13-10(11)8-12/h2,5-6,9H,3-4,7-8,12H2,1H3. The summed E-state index contributed by atoms with van der Waals surface area (Å²) in [5.74, 6) is 0. The number of nitrogens with zero attached hydrogens (tertiary/aromatic N) is 2. The predicted molar refractivity (Wildman–Crippen MR) is 58.2 cm³/mol. The van der Waals surface area contributed by atoms with Crippen LogP contribution in [0.1, 0.15) is 25.5 Å². The molecular weight excluding hydrogens is 174 g/mol. The van der Waals surface area contributed by atoms with Gasteiger partial charge >= 0.3 is 0 Å². The average Bonchev–Trinajstić information content (AvgIpc) is 2.64. The van der Waals surface area contributed by atoms with E-state index >= 15 is 0 Å². The molecule has 0 aliphatic carbocycles. The molecule has 2 heterocycles. The number of aromatic nitrogens is 1. The Bertz CT molecular complexity index is 311. The fourth-order valence-corrected chi connectivity index (χ4v) is 2.14. The molecule has 0 bridgehead atoms. The second kappa shape index (κ2) is 3.96. The zero-order valence-electron chi connectivity index (χ0n) is 8.61. The van der Waals surface area contributed by atoms with Crippen molar-refractivity contribution in [1.82, 2.24) is 4.98 Å². The number of anilines is 1. The minimum atomic E-state index is 0.527. The summed E-state index contributed by atoms with van der Waals surface area (Å²) >= 11 is 0. The van der Waals surface area contributed by atoms with E-state index in [4.69, 9.17) is 5.73 Å². The molecule has 1 atom stereocenters. The maximum Gasteiger partial charge on any atom is 0.0772 e. The van der Waals surface area contributed by atoms with Crippen molar-refractivity contribution < 1.29 is 0 Å². The summed E-state index contributed by atoms with van der Waals surface area (Å²) in [4.78, 5) is 6.72. The van der Waals surface area contributed by atoms with Crippen LogP contribution in [0.25, 0.3) is 0 Å². The summed E-state index contributed by atoms with van der Waals surface area (Å²) in [5, 5.41) is 0. The van der Waals surface area contributed by atoms with Gasteiger partial charge in [-0.3, -0.25) is 4.98 Å². The molecule has 1 aliphatic heterocycles. The first-order valence-electron chi connectivity index (χ1n) is 5.23. The van der Waals surface area contributed by atoms with Crippen molar-refractivity contribution in [2.24, 2.45) is 5.73 Å². The Labute approximate surface area is 84.9 Å². The normalized spacial score (nSPS) is 21.6. The van der Waals surface area contributed by atoms with Gasteiger partial charge < -0.3 is 10.6 Å². The minimum absolute atomic E-state index is 0.527. The zero-order valence-corrected chi connectivity index (χ0v) is 8.61. The van der Waals surface area contributed by atoms with Gasteiger partial charge in [0.15, 0.2) is 0 Å². The van der Waals surface area contributed by atoms with E-state index in [1.165, 1.54) is 18.5 Å². The Balaban J connectivity index is 2.30. The van der Waals surface area contributed by atoms with Gasteiger partial charge in [0.05, 0.1) is 11.4 Å². The lowest BCUT2D eigenvalue weighted by Crippen LogP contribution is -2.28. The Morgan fingerprint density at radius 1 is 1.64 bits per heavy atom. The van der Waals surface area contributed by atoms with Gasteiger partial charge in [-0.25, -0.2) is 0 Å². The van der Waals surface area contributed by atoms with Gasteiger partial charge in [-0.2, -0.15) is 0 Å². The lowest BCUT2D eigenvalue weighted by molar-refractivity contribution is 0.728. The molecule has 1 fully saturated rings. The van der Waals surface area contributed by atoms with Gasteiger partial charge in [-0.1, -0.05) is 0 Å². The SMILES string of the molecule is CC1CCCN1c1cccnc1CN. The molecule has 14 heavy (non-hydrogen) atoms. The van der Waals surface area contributed by atoms with Crippen LogP contribution in [0.15, 0.2) is 18.3 Å². The first-order chi connectivity index (χ1) is 6.83. The Morgan fingerprint density at radius 2 is 2.50 bits per heavy atom. The topological polar surface area (TPSA) is 42.2 Å². The lowest BCUT2D eigenvalue weighted by atomic mass is 10.2. The predicted octanol–water partition coefficient (Wildman–Crippen LogP) is 1.53. The van der Waals surface area contributed by atoms with E-state index in [1.807, 2.05) is 12.3 Å². The van der Waals surface area contributed by atoms with Crippen LogP contribution in [0.3, 0.4) is 0 Å². The third kappa shape index (κ3) is 1.60. The van der Waals surface area contributed by atoms with Gasteiger partial charge in [0.2, 0.25) is 0 Å². The Kier molecular flexibility index (Phi) is 2.68. The minimum Gasteiger partial charge on any atom is -0.367 e. The van der Waals surface area contributed by atoms with Crippen molar-refractivity contribution in [3.8, 4) is 0 Å². The third-order valence-electron chi connectivity index (χ3n) is 2.92. The highest BCUT2D eigenvalue weighted by molar-refractivity contribution is 5.52. The molecule has 3 nitrogen and oxygen atoms in total. The molecule has 1 unspecified atom stereocenters. The third-order valence-corrected chi connectivity index (χ3v) is 2.92. The van der Waals surface area contributed by atoms with E-state index in [-0.39, 0.29) is 0 Å². The fourth-order valence-electron chi connectivity index (χ4n) is 2.14. The van der Waals surface area contributed by atoms with Crippen molar-refractivity contribution in [2.75, 3.05) is 11.4 Å². The number of hydrogen-bond donors (Lipinski definition) is 1. The van der Waals surface area contributed by atoms with Gasteiger partial charge in [-0.15, -0.1) is 0 Å². The second-order valence-corrected chi connectivity index (χ2v) is 3.86. The van der Waals surface area contributed by atoms with Gasteiger partial charge in [-0.05, 0) is 31.9 Å². The molecule has 1 aromatic rings. The van der Waals surface area contributed by atoms with Crippen molar-refractivity contribution in [2.45, 2.75) is 32.4 Å². The Morgan fingerprint density at radius 3 is 3.14 bits per heavy atom. The molecule has 0 spiro atoms. The highest BCUT2D eigenvalue weighted by Crippen LogP contribution is 2.26. The van der Waals surface area contributed by atoms with E-state index in [9.17, 15) is 0 Å². The van der Waals surface area contributed by atoms with Crippen LogP contribution in [-0.2, 0) is 6.54 Å². The molecule has 0 amide bonds. The van der Waals surface area contributed by atoms with Crippen LogP contribution in [0, 0.1) is 0 Å². The molecule has 3 heteroatoms. The first-order valence-corrected chi connectivity index (χ1v) is 5.23. The smallest absolute Gasteiger partial charge is 0.0772 e. The highest BCUT2D eigenvalue weighted by atomic mass is 15.2. The quantitative estimate of drug-likeness (QED) is 0.770. The number of pyridine rings is 1. The number of hydrogen-bond acceptors (Lipinski definition) is 3. The largest absolute Gasteiger partial charge is 0.367 e. The van der Waals surface area contributed by atoms with Crippen LogP contribution < -0.4 is 10.6 Å². The lowest BCUT2D eigenvalue weighted by Gasteiger charge is -2.25. The monoisotopic (exact) mass is 191 g/mol.